The van der Waals surface area contributed by atoms with E-state index < -0.39 is 0 Å². The molecule has 0 amide bonds. The van der Waals surface area contributed by atoms with Gasteiger partial charge in [-0.1, -0.05) is 11.6 Å². The number of rotatable bonds is 1. The van der Waals surface area contributed by atoms with Crippen LogP contribution < -0.4 is 9.80 Å². The summed E-state index contributed by atoms with van der Waals surface area (Å²) in [6.45, 7) is 4.18. The molecule has 108 valence electrons. The van der Waals surface area contributed by atoms with Gasteiger partial charge in [-0.15, -0.1) is 0 Å². The standard InChI is InChI=1S/C15H15ClN4O/c1-19-4-6-20(7-5-19)15-14-13(17-9-18-15)11-8-10(16)2-3-12(11)21-14/h2-3,8-9H,4-7H2,1H3/p+1. The average molecular weight is 304 g/mol. The quantitative estimate of drug-likeness (QED) is 0.737. The predicted octanol–water partition coefficient (Wildman–Crippen LogP) is 1.36. The molecule has 2 aromatic heterocycles. The van der Waals surface area contributed by atoms with E-state index in [0.717, 1.165) is 54.1 Å². The van der Waals surface area contributed by atoms with E-state index in [1.807, 2.05) is 18.2 Å². The van der Waals surface area contributed by atoms with Crippen LogP contribution in [0, 0.1) is 0 Å². The van der Waals surface area contributed by atoms with Crippen LogP contribution in [0.25, 0.3) is 22.1 Å². The second kappa shape index (κ2) is 4.86. The van der Waals surface area contributed by atoms with Crippen molar-refractivity contribution in [2.24, 2.45) is 0 Å². The molecule has 0 atom stereocenters. The Labute approximate surface area is 127 Å². The van der Waals surface area contributed by atoms with Crippen molar-refractivity contribution in [1.29, 1.82) is 0 Å². The van der Waals surface area contributed by atoms with Crippen molar-refractivity contribution in [3.05, 3.63) is 29.5 Å². The SMILES string of the molecule is C[NH+]1CCN(c2ncnc3c2oc2ccc(Cl)cc23)CC1. The van der Waals surface area contributed by atoms with E-state index in [0.29, 0.717) is 5.02 Å². The predicted molar refractivity (Wildman–Crippen MR) is 83.2 cm³/mol. The molecule has 1 N–H and O–H groups in total. The number of nitrogens with zero attached hydrogens (tertiary/aromatic N) is 3. The lowest BCUT2D eigenvalue weighted by atomic mass is 10.2. The smallest absolute Gasteiger partial charge is 0.196 e. The van der Waals surface area contributed by atoms with Gasteiger partial charge in [0.2, 0.25) is 0 Å². The van der Waals surface area contributed by atoms with Crippen molar-refractivity contribution in [3.8, 4) is 0 Å². The Morgan fingerprint density at radius 2 is 2.05 bits per heavy atom. The lowest BCUT2D eigenvalue weighted by Gasteiger charge is -2.30. The lowest BCUT2D eigenvalue weighted by molar-refractivity contribution is -0.880. The fourth-order valence-electron chi connectivity index (χ4n) is 2.86. The Hall–Kier alpha value is -1.85. The molecule has 3 heterocycles. The van der Waals surface area contributed by atoms with Gasteiger partial charge in [0.15, 0.2) is 11.4 Å². The molecular weight excluding hydrogens is 288 g/mol. The van der Waals surface area contributed by atoms with Crippen LogP contribution in [0.4, 0.5) is 5.82 Å². The van der Waals surface area contributed by atoms with E-state index in [1.54, 1.807) is 11.2 Å². The Morgan fingerprint density at radius 1 is 1.24 bits per heavy atom. The summed E-state index contributed by atoms with van der Waals surface area (Å²) in [6.07, 6.45) is 1.61. The van der Waals surface area contributed by atoms with E-state index in [4.69, 9.17) is 16.0 Å². The highest BCUT2D eigenvalue weighted by Crippen LogP contribution is 2.33. The minimum atomic E-state index is 0.688. The van der Waals surface area contributed by atoms with Crippen LogP contribution in [-0.4, -0.2) is 43.2 Å². The van der Waals surface area contributed by atoms with Gasteiger partial charge in [0.05, 0.1) is 33.2 Å². The minimum Gasteiger partial charge on any atom is -0.450 e. The Balaban J connectivity index is 1.88. The number of piperazine rings is 1. The maximum absolute atomic E-state index is 6.08. The normalized spacial score (nSPS) is 17.0. The number of aromatic nitrogens is 2. The first-order valence-electron chi connectivity index (χ1n) is 7.11. The molecule has 1 aromatic carbocycles. The van der Waals surface area contributed by atoms with Gasteiger partial charge in [-0.25, -0.2) is 9.97 Å². The van der Waals surface area contributed by atoms with Gasteiger partial charge >= 0.3 is 0 Å². The van der Waals surface area contributed by atoms with E-state index in [1.165, 1.54) is 0 Å². The van der Waals surface area contributed by atoms with E-state index in [9.17, 15) is 0 Å². The highest BCUT2D eigenvalue weighted by molar-refractivity contribution is 6.31. The molecule has 3 aromatic rings. The van der Waals surface area contributed by atoms with Crippen molar-refractivity contribution in [2.75, 3.05) is 38.1 Å². The molecule has 0 spiro atoms. The molecule has 4 rings (SSSR count). The lowest BCUT2D eigenvalue weighted by Crippen LogP contribution is -3.12. The number of anilines is 1. The number of benzene rings is 1. The third-order valence-electron chi connectivity index (χ3n) is 4.11. The molecule has 1 saturated heterocycles. The van der Waals surface area contributed by atoms with Crippen molar-refractivity contribution in [1.82, 2.24) is 9.97 Å². The largest absolute Gasteiger partial charge is 0.450 e. The fourth-order valence-corrected chi connectivity index (χ4v) is 3.03. The van der Waals surface area contributed by atoms with Crippen LogP contribution in [-0.2, 0) is 0 Å². The Bertz CT molecular complexity index is 808. The molecule has 1 fully saturated rings. The van der Waals surface area contributed by atoms with Crippen molar-refractivity contribution < 1.29 is 9.32 Å². The topological polar surface area (TPSA) is 46.6 Å². The zero-order chi connectivity index (χ0) is 14.4. The monoisotopic (exact) mass is 303 g/mol. The van der Waals surface area contributed by atoms with Crippen LogP contribution in [0.3, 0.4) is 0 Å². The van der Waals surface area contributed by atoms with Crippen LogP contribution in [0.1, 0.15) is 0 Å². The number of halogens is 1. The van der Waals surface area contributed by atoms with Gasteiger partial charge in [-0.05, 0) is 18.2 Å². The van der Waals surface area contributed by atoms with E-state index >= 15 is 0 Å². The molecule has 5 nitrogen and oxygen atoms in total. The van der Waals surface area contributed by atoms with E-state index in [2.05, 4.69) is 21.9 Å². The summed E-state index contributed by atoms with van der Waals surface area (Å²) in [7, 11) is 2.22. The van der Waals surface area contributed by atoms with Crippen LogP contribution in [0.15, 0.2) is 28.9 Å². The van der Waals surface area contributed by atoms with Crippen LogP contribution >= 0.6 is 11.6 Å². The number of hydrogen-bond acceptors (Lipinski definition) is 4. The van der Waals surface area contributed by atoms with Gasteiger partial charge in [0, 0.05) is 10.4 Å². The second-order valence-electron chi connectivity index (χ2n) is 5.56. The van der Waals surface area contributed by atoms with Gasteiger partial charge in [-0.2, -0.15) is 0 Å². The van der Waals surface area contributed by atoms with Crippen molar-refractivity contribution >= 4 is 39.5 Å². The first-order valence-corrected chi connectivity index (χ1v) is 7.49. The summed E-state index contributed by atoms with van der Waals surface area (Å²) in [5.41, 5.74) is 2.40. The molecule has 1 aliphatic heterocycles. The highest BCUT2D eigenvalue weighted by atomic mass is 35.5. The summed E-state index contributed by atoms with van der Waals surface area (Å²) < 4.78 is 5.99. The van der Waals surface area contributed by atoms with Gasteiger partial charge in [-0.3, -0.25) is 0 Å². The molecule has 0 radical (unpaired) electrons. The number of hydrogen-bond donors (Lipinski definition) is 1. The van der Waals surface area contributed by atoms with Gasteiger partial charge < -0.3 is 14.2 Å². The molecule has 0 unspecified atom stereocenters. The van der Waals surface area contributed by atoms with Crippen molar-refractivity contribution in [2.45, 2.75) is 0 Å². The maximum atomic E-state index is 6.08. The molecule has 0 aliphatic carbocycles. The molecule has 1 aliphatic rings. The molecule has 6 heteroatoms. The summed E-state index contributed by atoms with van der Waals surface area (Å²) >= 11 is 6.08. The zero-order valence-electron chi connectivity index (χ0n) is 11.8. The van der Waals surface area contributed by atoms with Gasteiger partial charge in [0.1, 0.15) is 17.4 Å². The third-order valence-corrected chi connectivity index (χ3v) is 4.35. The first kappa shape index (κ1) is 12.9. The number of likely N-dealkylation sites (N-methyl/N-ethyl adjacent to an activating group) is 1. The fraction of sp³-hybridized carbons (Fsp3) is 0.333. The summed E-state index contributed by atoms with van der Waals surface area (Å²) in [5.74, 6) is 0.889. The first-order chi connectivity index (χ1) is 10.2. The molecular formula is C15H16ClN4O+. The van der Waals surface area contributed by atoms with Crippen molar-refractivity contribution in [3.63, 3.8) is 0 Å². The number of fused-ring (bicyclic) bond motifs is 3. The third kappa shape index (κ3) is 2.13. The highest BCUT2D eigenvalue weighted by Gasteiger charge is 2.22. The second-order valence-corrected chi connectivity index (χ2v) is 6.00. The van der Waals surface area contributed by atoms with Gasteiger partial charge in [0.25, 0.3) is 0 Å². The Kier molecular flexibility index (Phi) is 2.97. The Morgan fingerprint density at radius 3 is 2.86 bits per heavy atom. The zero-order valence-corrected chi connectivity index (χ0v) is 12.5. The number of quaternary nitrogens is 1. The average Bonchev–Trinajstić information content (AvgIpc) is 2.86. The van der Waals surface area contributed by atoms with E-state index in [-0.39, 0.29) is 0 Å². The summed E-state index contributed by atoms with van der Waals surface area (Å²) in [4.78, 5) is 12.7. The van der Waals surface area contributed by atoms with Crippen LogP contribution in [0.2, 0.25) is 5.02 Å². The van der Waals surface area contributed by atoms with Crippen LogP contribution in [0.5, 0.6) is 0 Å². The summed E-state index contributed by atoms with van der Waals surface area (Å²) in [6, 6.07) is 5.61. The number of furan rings is 1. The molecule has 21 heavy (non-hydrogen) atoms. The molecule has 0 bridgehead atoms. The number of nitrogens with one attached hydrogen (secondary N) is 1. The maximum Gasteiger partial charge on any atom is 0.196 e. The minimum absolute atomic E-state index is 0.688. The molecule has 0 saturated carbocycles. The summed E-state index contributed by atoms with van der Waals surface area (Å²) in [5, 5.41) is 1.63.